The van der Waals surface area contributed by atoms with Crippen LogP contribution < -0.4 is 10.1 Å². The SMILES string of the molecule is COc1ccc(CN2C(=O)C(CC(=O)NCCc3ccccn3)CC(C(=O)N(C(C)C)C(C)C)=C2C)cc1. The van der Waals surface area contributed by atoms with Gasteiger partial charge in [0.2, 0.25) is 11.8 Å². The minimum Gasteiger partial charge on any atom is -0.497 e. The number of aromatic nitrogens is 1. The maximum absolute atomic E-state index is 13.7. The summed E-state index contributed by atoms with van der Waals surface area (Å²) in [6, 6.07) is 13.2. The monoisotopic (exact) mass is 520 g/mol. The zero-order valence-electron chi connectivity index (χ0n) is 23.4. The van der Waals surface area contributed by atoms with Crippen LogP contribution in [-0.2, 0) is 27.3 Å². The summed E-state index contributed by atoms with van der Waals surface area (Å²) >= 11 is 0. The van der Waals surface area contributed by atoms with Gasteiger partial charge in [-0.1, -0.05) is 18.2 Å². The molecule has 1 aliphatic heterocycles. The van der Waals surface area contributed by atoms with Crippen LogP contribution in [0.5, 0.6) is 5.75 Å². The van der Waals surface area contributed by atoms with Crippen molar-refractivity contribution in [2.24, 2.45) is 5.92 Å². The Balaban J connectivity index is 1.82. The number of nitrogens with zero attached hydrogens (tertiary/aromatic N) is 3. The maximum atomic E-state index is 13.7. The quantitative estimate of drug-likeness (QED) is 0.482. The molecular weight excluding hydrogens is 480 g/mol. The Kier molecular flexibility index (Phi) is 10.0. The van der Waals surface area contributed by atoms with Gasteiger partial charge >= 0.3 is 0 Å². The van der Waals surface area contributed by atoms with Gasteiger partial charge < -0.3 is 19.9 Å². The van der Waals surface area contributed by atoms with Gasteiger partial charge in [0.25, 0.3) is 5.91 Å². The normalized spacial score (nSPS) is 15.7. The second-order valence-corrected chi connectivity index (χ2v) is 10.3. The highest BCUT2D eigenvalue weighted by Gasteiger charge is 2.38. The number of ether oxygens (including phenoxy) is 1. The van der Waals surface area contributed by atoms with Crippen LogP contribution >= 0.6 is 0 Å². The third-order valence-electron chi connectivity index (χ3n) is 6.87. The van der Waals surface area contributed by atoms with E-state index in [1.807, 2.05) is 82.0 Å². The van der Waals surface area contributed by atoms with E-state index in [1.54, 1.807) is 18.2 Å². The lowest BCUT2D eigenvalue weighted by molar-refractivity contribution is -0.139. The van der Waals surface area contributed by atoms with E-state index in [1.165, 1.54) is 0 Å². The van der Waals surface area contributed by atoms with E-state index >= 15 is 0 Å². The van der Waals surface area contributed by atoms with Crippen LogP contribution in [0.15, 0.2) is 59.9 Å². The van der Waals surface area contributed by atoms with Gasteiger partial charge in [-0.05, 0) is 70.9 Å². The molecule has 3 rings (SSSR count). The van der Waals surface area contributed by atoms with Crippen LogP contribution in [0.4, 0.5) is 0 Å². The summed E-state index contributed by atoms with van der Waals surface area (Å²) in [5.41, 5.74) is 3.04. The molecule has 38 heavy (non-hydrogen) atoms. The Bertz CT molecular complexity index is 1130. The summed E-state index contributed by atoms with van der Waals surface area (Å²) in [4.78, 5) is 48.0. The van der Waals surface area contributed by atoms with Crippen molar-refractivity contribution in [3.8, 4) is 5.75 Å². The average molecular weight is 521 g/mol. The molecule has 1 aromatic heterocycles. The number of hydrogen-bond acceptors (Lipinski definition) is 5. The van der Waals surface area contributed by atoms with Crippen LogP contribution in [0, 0.1) is 5.92 Å². The number of amides is 3. The maximum Gasteiger partial charge on any atom is 0.252 e. The molecule has 0 saturated heterocycles. The second-order valence-electron chi connectivity index (χ2n) is 10.3. The average Bonchev–Trinajstić information content (AvgIpc) is 2.88. The van der Waals surface area contributed by atoms with Crippen molar-refractivity contribution in [3.63, 3.8) is 0 Å². The number of rotatable bonds is 11. The van der Waals surface area contributed by atoms with Crippen molar-refractivity contribution < 1.29 is 19.1 Å². The molecule has 3 amide bonds. The zero-order chi connectivity index (χ0) is 27.8. The first-order valence-corrected chi connectivity index (χ1v) is 13.3. The first-order valence-electron chi connectivity index (χ1n) is 13.3. The van der Waals surface area contributed by atoms with Crippen molar-refractivity contribution >= 4 is 17.7 Å². The van der Waals surface area contributed by atoms with Gasteiger partial charge in [-0.15, -0.1) is 0 Å². The molecule has 0 spiro atoms. The highest BCUT2D eigenvalue weighted by Crippen LogP contribution is 2.33. The van der Waals surface area contributed by atoms with Crippen LogP contribution in [0.1, 0.15) is 58.7 Å². The molecule has 2 aromatic rings. The van der Waals surface area contributed by atoms with Crippen LogP contribution in [0.25, 0.3) is 0 Å². The summed E-state index contributed by atoms with van der Waals surface area (Å²) < 4.78 is 5.25. The van der Waals surface area contributed by atoms with Gasteiger partial charge in [-0.25, -0.2) is 0 Å². The molecule has 0 aliphatic carbocycles. The predicted molar refractivity (Wildman–Crippen MR) is 147 cm³/mol. The summed E-state index contributed by atoms with van der Waals surface area (Å²) in [5.74, 6) is -0.325. The first kappa shape index (κ1) is 28.9. The molecule has 0 fully saturated rings. The molecular formula is C30H40N4O4. The smallest absolute Gasteiger partial charge is 0.252 e. The van der Waals surface area contributed by atoms with E-state index in [9.17, 15) is 14.4 Å². The lowest BCUT2D eigenvalue weighted by atomic mass is 9.87. The largest absolute Gasteiger partial charge is 0.497 e. The van der Waals surface area contributed by atoms with Gasteiger partial charge in [-0.2, -0.15) is 0 Å². The molecule has 0 radical (unpaired) electrons. The minimum absolute atomic E-state index is 0.00353. The predicted octanol–water partition coefficient (Wildman–Crippen LogP) is 4.11. The Morgan fingerprint density at radius 2 is 1.79 bits per heavy atom. The number of hydrogen-bond donors (Lipinski definition) is 1. The fraction of sp³-hybridized carbons (Fsp3) is 0.467. The lowest BCUT2D eigenvalue weighted by Gasteiger charge is -2.38. The zero-order valence-corrected chi connectivity index (χ0v) is 23.4. The molecule has 1 unspecified atom stereocenters. The van der Waals surface area contributed by atoms with Gasteiger partial charge in [-0.3, -0.25) is 19.4 Å². The van der Waals surface area contributed by atoms with Crippen molar-refractivity contribution in [3.05, 3.63) is 71.2 Å². The Labute approximate surface area is 226 Å². The number of benzene rings is 1. The third kappa shape index (κ3) is 7.21. The Hall–Kier alpha value is -3.68. The van der Waals surface area contributed by atoms with Crippen LogP contribution in [-0.4, -0.2) is 58.2 Å². The Morgan fingerprint density at radius 3 is 2.37 bits per heavy atom. The summed E-state index contributed by atoms with van der Waals surface area (Å²) in [6.45, 7) is 10.5. The van der Waals surface area contributed by atoms with Crippen molar-refractivity contribution in [2.45, 2.75) is 72.5 Å². The Morgan fingerprint density at radius 1 is 1.11 bits per heavy atom. The molecule has 1 N–H and O–H groups in total. The van der Waals surface area contributed by atoms with Gasteiger partial charge in [0.05, 0.1) is 19.6 Å². The molecule has 0 saturated carbocycles. The highest BCUT2D eigenvalue weighted by molar-refractivity contribution is 5.98. The summed E-state index contributed by atoms with van der Waals surface area (Å²) in [6.07, 6.45) is 2.59. The fourth-order valence-electron chi connectivity index (χ4n) is 4.93. The number of allylic oxidation sites excluding steroid dienone is 1. The van der Waals surface area contributed by atoms with Gasteiger partial charge in [0.1, 0.15) is 5.75 Å². The molecule has 2 heterocycles. The minimum atomic E-state index is -0.619. The summed E-state index contributed by atoms with van der Waals surface area (Å²) in [7, 11) is 1.61. The molecule has 1 aliphatic rings. The van der Waals surface area contributed by atoms with Gasteiger partial charge in [0.15, 0.2) is 0 Å². The second kappa shape index (κ2) is 13.2. The summed E-state index contributed by atoms with van der Waals surface area (Å²) in [5, 5.41) is 2.92. The fourth-order valence-corrected chi connectivity index (χ4v) is 4.93. The van der Waals surface area contributed by atoms with Crippen molar-refractivity contribution in [1.82, 2.24) is 20.1 Å². The number of methoxy groups -OCH3 is 1. The number of pyridine rings is 1. The molecule has 204 valence electrons. The standard InChI is InChI=1S/C30H40N4O4/c1-20(2)34(21(3)4)30(37)27-17-24(18-28(35)32-16-14-25-9-7-8-15-31-25)29(36)33(22(27)5)19-23-10-12-26(38-6)13-11-23/h7-13,15,20-21,24H,14,16-19H2,1-6H3,(H,32,35). The molecule has 1 atom stereocenters. The van der Waals surface area contributed by atoms with Crippen LogP contribution in [0.3, 0.4) is 0 Å². The number of carbonyl (C=O) groups excluding carboxylic acids is 3. The van der Waals surface area contributed by atoms with Crippen molar-refractivity contribution in [1.29, 1.82) is 0 Å². The topological polar surface area (TPSA) is 91.8 Å². The lowest BCUT2D eigenvalue weighted by Crippen LogP contribution is -2.47. The molecule has 8 heteroatoms. The third-order valence-corrected chi connectivity index (χ3v) is 6.87. The van der Waals surface area contributed by atoms with Crippen LogP contribution in [0.2, 0.25) is 0 Å². The molecule has 8 nitrogen and oxygen atoms in total. The molecule has 1 aromatic carbocycles. The van der Waals surface area contributed by atoms with Gasteiger partial charge in [0, 0.05) is 54.6 Å². The van der Waals surface area contributed by atoms with E-state index < -0.39 is 5.92 Å². The van der Waals surface area contributed by atoms with E-state index in [-0.39, 0.29) is 42.6 Å². The first-order chi connectivity index (χ1) is 18.1. The van der Waals surface area contributed by atoms with E-state index in [0.717, 1.165) is 17.0 Å². The van der Waals surface area contributed by atoms with E-state index in [0.29, 0.717) is 30.8 Å². The van der Waals surface area contributed by atoms with E-state index in [2.05, 4.69) is 10.3 Å². The van der Waals surface area contributed by atoms with E-state index in [4.69, 9.17) is 4.74 Å². The van der Waals surface area contributed by atoms with Crippen molar-refractivity contribution in [2.75, 3.05) is 13.7 Å². The number of nitrogens with one attached hydrogen (secondary N) is 1. The number of carbonyl (C=O) groups is 3. The highest BCUT2D eigenvalue weighted by atomic mass is 16.5. The molecule has 0 bridgehead atoms.